The van der Waals surface area contributed by atoms with Crippen LogP contribution < -0.4 is 10.5 Å². The minimum atomic E-state index is -3.68. The summed E-state index contributed by atoms with van der Waals surface area (Å²) in [5.41, 5.74) is 6.62. The van der Waals surface area contributed by atoms with Crippen molar-refractivity contribution in [1.29, 1.82) is 0 Å². The number of hydrogen-bond donors (Lipinski definition) is 2. The molecule has 0 spiro atoms. The molecule has 0 atom stereocenters. The van der Waals surface area contributed by atoms with Crippen molar-refractivity contribution in [2.24, 2.45) is 5.73 Å². The van der Waals surface area contributed by atoms with Crippen LogP contribution in [-0.4, -0.2) is 13.4 Å². The molecule has 0 bridgehead atoms. The third kappa shape index (κ3) is 2.94. The highest BCUT2D eigenvalue weighted by molar-refractivity contribution is 7.92. The molecule has 0 unspecified atom stereocenters. The van der Waals surface area contributed by atoms with Crippen molar-refractivity contribution in [3.8, 4) is 0 Å². The van der Waals surface area contributed by atoms with Crippen molar-refractivity contribution in [2.75, 3.05) is 4.72 Å². The summed E-state index contributed by atoms with van der Waals surface area (Å²) in [5.74, 6) is 0.752. The first-order chi connectivity index (χ1) is 8.92. The highest BCUT2D eigenvalue weighted by atomic mass is 32.2. The van der Waals surface area contributed by atoms with E-state index in [1.165, 1.54) is 6.07 Å². The van der Waals surface area contributed by atoms with Crippen LogP contribution in [0.5, 0.6) is 0 Å². The average molecular weight is 281 g/mol. The van der Waals surface area contributed by atoms with Gasteiger partial charge >= 0.3 is 0 Å². The Morgan fingerprint density at radius 1 is 1.37 bits per heavy atom. The highest BCUT2D eigenvalue weighted by Gasteiger charge is 2.21. The Labute approximate surface area is 111 Å². The van der Waals surface area contributed by atoms with Gasteiger partial charge in [0.2, 0.25) is 0 Å². The van der Waals surface area contributed by atoms with Crippen LogP contribution in [-0.2, 0) is 16.6 Å². The standard InChI is InChI=1S/C12H15N3O3S/c1-8-5-10(3-4-14-8)15-19(16,17)12-6-11(7-13)18-9(12)2/h3-6H,7,13H2,1-2H3,(H,14,15). The molecule has 0 aliphatic carbocycles. The lowest BCUT2D eigenvalue weighted by Crippen LogP contribution is -2.13. The SMILES string of the molecule is Cc1cc(NS(=O)(=O)c2cc(CN)oc2C)ccn1. The predicted octanol–water partition coefficient (Wildman–Crippen LogP) is 1.55. The van der Waals surface area contributed by atoms with E-state index in [1.54, 1.807) is 32.2 Å². The summed E-state index contributed by atoms with van der Waals surface area (Å²) in [6.07, 6.45) is 1.54. The van der Waals surface area contributed by atoms with Crippen LogP contribution in [0.3, 0.4) is 0 Å². The molecular weight excluding hydrogens is 266 g/mol. The molecule has 19 heavy (non-hydrogen) atoms. The van der Waals surface area contributed by atoms with Gasteiger partial charge in [-0.1, -0.05) is 0 Å². The van der Waals surface area contributed by atoms with E-state index in [0.717, 1.165) is 5.69 Å². The molecule has 2 heterocycles. The lowest BCUT2D eigenvalue weighted by atomic mass is 10.3. The van der Waals surface area contributed by atoms with Crippen molar-refractivity contribution in [1.82, 2.24) is 4.98 Å². The second kappa shape index (κ2) is 5.02. The zero-order valence-electron chi connectivity index (χ0n) is 10.7. The number of rotatable bonds is 4. The van der Waals surface area contributed by atoms with E-state index < -0.39 is 10.0 Å². The summed E-state index contributed by atoms with van der Waals surface area (Å²) in [7, 11) is -3.68. The van der Waals surface area contributed by atoms with Crippen LogP contribution in [0.25, 0.3) is 0 Å². The average Bonchev–Trinajstić information content (AvgIpc) is 2.71. The van der Waals surface area contributed by atoms with E-state index in [0.29, 0.717) is 17.2 Å². The van der Waals surface area contributed by atoms with Crippen LogP contribution in [0.15, 0.2) is 33.7 Å². The number of nitrogens with two attached hydrogens (primary N) is 1. The van der Waals surface area contributed by atoms with E-state index in [-0.39, 0.29) is 11.4 Å². The van der Waals surface area contributed by atoms with Gasteiger partial charge in [0, 0.05) is 18.0 Å². The maximum Gasteiger partial charge on any atom is 0.265 e. The molecule has 0 aliphatic rings. The summed E-state index contributed by atoms with van der Waals surface area (Å²) in [4.78, 5) is 4.11. The number of nitrogens with zero attached hydrogens (tertiary/aromatic N) is 1. The van der Waals surface area contributed by atoms with E-state index in [4.69, 9.17) is 10.2 Å². The Morgan fingerprint density at radius 2 is 2.11 bits per heavy atom. The number of sulfonamides is 1. The predicted molar refractivity (Wildman–Crippen MR) is 71.1 cm³/mol. The molecule has 102 valence electrons. The topological polar surface area (TPSA) is 98.2 Å². The lowest BCUT2D eigenvalue weighted by Gasteiger charge is -2.07. The normalized spacial score (nSPS) is 11.5. The van der Waals surface area contributed by atoms with Gasteiger partial charge < -0.3 is 10.2 Å². The van der Waals surface area contributed by atoms with E-state index in [1.807, 2.05) is 0 Å². The Bertz CT molecular complexity index is 692. The molecule has 0 fully saturated rings. The smallest absolute Gasteiger partial charge is 0.265 e. The third-order valence-electron chi connectivity index (χ3n) is 2.56. The number of anilines is 1. The molecular formula is C12H15N3O3S. The van der Waals surface area contributed by atoms with Crippen LogP contribution in [0, 0.1) is 13.8 Å². The summed E-state index contributed by atoms with van der Waals surface area (Å²) in [6, 6.07) is 4.67. The van der Waals surface area contributed by atoms with Gasteiger partial charge in [-0.25, -0.2) is 8.42 Å². The van der Waals surface area contributed by atoms with E-state index >= 15 is 0 Å². The second-order valence-electron chi connectivity index (χ2n) is 4.13. The van der Waals surface area contributed by atoms with Gasteiger partial charge in [0.25, 0.3) is 10.0 Å². The van der Waals surface area contributed by atoms with Gasteiger partial charge in [-0.15, -0.1) is 0 Å². The van der Waals surface area contributed by atoms with Crippen molar-refractivity contribution in [3.05, 3.63) is 41.6 Å². The van der Waals surface area contributed by atoms with Crippen LogP contribution in [0.2, 0.25) is 0 Å². The van der Waals surface area contributed by atoms with Crippen molar-refractivity contribution in [2.45, 2.75) is 25.3 Å². The fraction of sp³-hybridized carbons (Fsp3) is 0.250. The van der Waals surface area contributed by atoms with Gasteiger partial charge in [-0.3, -0.25) is 9.71 Å². The van der Waals surface area contributed by atoms with E-state index in [2.05, 4.69) is 9.71 Å². The van der Waals surface area contributed by atoms with Crippen LogP contribution in [0.1, 0.15) is 17.2 Å². The number of nitrogens with one attached hydrogen (secondary N) is 1. The van der Waals surface area contributed by atoms with Crippen molar-refractivity contribution < 1.29 is 12.8 Å². The summed E-state index contributed by atoms with van der Waals surface area (Å²) in [6.45, 7) is 3.53. The number of hydrogen-bond acceptors (Lipinski definition) is 5. The third-order valence-corrected chi connectivity index (χ3v) is 4.05. The summed E-state index contributed by atoms with van der Waals surface area (Å²) in [5, 5.41) is 0. The minimum Gasteiger partial charge on any atom is -0.464 e. The van der Waals surface area contributed by atoms with Gasteiger partial charge in [0.05, 0.1) is 12.2 Å². The first-order valence-corrected chi connectivity index (χ1v) is 7.15. The molecule has 6 nitrogen and oxygen atoms in total. The number of pyridine rings is 1. The molecule has 2 aromatic heterocycles. The zero-order chi connectivity index (χ0) is 14.0. The maximum absolute atomic E-state index is 12.2. The number of aryl methyl sites for hydroxylation is 2. The first kappa shape index (κ1) is 13.6. The maximum atomic E-state index is 12.2. The fourth-order valence-corrected chi connectivity index (χ4v) is 2.96. The molecule has 0 saturated carbocycles. The Hall–Kier alpha value is -1.86. The highest BCUT2D eigenvalue weighted by Crippen LogP contribution is 2.22. The second-order valence-corrected chi connectivity index (χ2v) is 5.78. The van der Waals surface area contributed by atoms with Gasteiger partial charge in [0.1, 0.15) is 16.4 Å². The monoisotopic (exact) mass is 281 g/mol. The molecule has 0 aromatic carbocycles. The Morgan fingerprint density at radius 3 is 2.68 bits per heavy atom. The number of aromatic nitrogens is 1. The van der Waals surface area contributed by atoms with Crippen molar-refractivity contribution >= 4 is 15.7 Å². The molecule has 3 N–H and O–H groups in total. The molecule has 2 rings (SSSR count). The first-order valence-electron chi connectivity index (χ1n) is 5.67. The molecule has 7 heteroatoms. The largest absolute Gasteiger partial charge is 0.464 e. The van der Waals surface area contributed by atoms with Gasteiger partial charge in [0.15, 0.2) is 0 Å². The lowest BCUT2D eigenvalue weighted by molar-refractivity contribution is 0.479. The Balaban J connectivity index is 2.34. The molecule has 0 saturated heterocycles. The quantitative estimate of drug-likeness (QED) is 0.886. The minimum absolute atomic E-state index is 0.0995. The zero-order valence-corrected chi connectivity index (χ0v) is 11.5. The Kier molecular flexibility index (Phi) is 3.59. The van der Waals surface area contributed by atoms with Crippen molar-refractivity contribution in [3.63, 3.8) is 0 Å². The molecule has 0 aliphatic heterocycles. The summed E-state index contributed by atoms with van der Waals surface area (Å²) >= 11 is 0. The van der Waals surface area contributed by atoms with Gasteiger partial charge in [-0.05, 0) is 26.0 Å². The van der Waals surface area contributed by atoms with Crippen LogP contribution in [0.4, 0.5) is 5.69 Å². The van der Waals surface area contributed by atoms with Crippen LogP contribution >= 0.6 is 0 Å². The molecule has 0 amide bonds. The summed E-state index contributed by atoms with van der Waals surface area (Å²) < 4.78 is 32.2. The number of furan rings is 1. The fourth-order valence-electron chi connectivity index (χ4n) is 1.71. The van der Waals surface area contributed by atoms with Gasteiger partial charge in [-0.2, -0.15) is 0 Å². The molecule has 0 radical (unpaired) electrons. The molecule has 2 aromatic rings. The van der Waals surface area contributed by atoms with E-state index in [9.17, 15) is 8.42 Å².